The van der Waals surface area contributed by atoms with Crippen LogP contribution >= 0.6 is 0 Å². The van der Waals surface area contributed by atoms with E-state index in [2.05, 4.69) is 36.3 Å². The molecule has 0 spiro atoms. The first-order chi connectivity index (χ1) is 5.61. The van der Waals surface area contributed by atoms with Gasteiger partial charge in [0.05, 0.1) is 0 Å². The summed E-state index contributed by atoms with van der Waals surface area (Å²) in [5, 5.41) is 10.8. The maximum absolute atomic E-state index is 5.52. The summed E-state index contributed by atoms with van der Waals surface area (Å²) >= 11 is 0. The Morgan fingerprint density at radius 1 is 1.42 bits per heavy atom. The van der Waals surface area contributed by atoms with Gasteiger partial charge in [-0.1, -0.05) is 25.9 Å². The molecule has 0 aromatic carbocycles. The van der Waals surface area contributed by atoms with Gasteiger partial charge in [0, 0.05) is 6.54 Å². The van der Waals surface area contributed by atoms with Gasteiger partial charge in [-0.15, -0.1) is 0 Å². The minimum Gasteiger partial charge on any atom is -0.367 e. The van der Waals surface area contributed by atoms with Crippen LogP contribution in [0.4, 0.5) is 5.95 Å². The van der Waals surface area contributed by atoms with Crippen molar-refractivity contribution in [2.24, 2.45) is 11.8 Å². The fourth-order valence-corrected chi connectivity index (χ4v) is 0.825. The summed E-state index contributed by atoms with van der Waals surface area (Å²) in [7, 11) is 0. The van der Waals surface area contributed by atoms with Crippen LogP contribution in [0.1, 0.15) is 20.8 Å². The highest BCUT2D eigenvalue weighted by molar-refractivity contribution is 5.09. The summed E-state index contributed by atoms with van der Waals surface area (Å²) in [5.41, 5.74) is 5.52. The fraction of sp³-hybridized carbons (Fsp3) is 0.857. The number of rotatable bonds is 3. The van der Waals surface area contributed by atoms with Crippen LogP contribution in [0.25, 0.3) is 0 Å². The van der Waals surface area contributed by atoms with Crippen molar-refractivity contribution in [3.8, 4) is 0 Å². The van der Waals surface area contributed by atoms with Gasteiger partial charge in [-0.05, 0) is 22.3 Å². The number of hydrogen-bond acceptors (Lipinski definition) is 4. The highest BCUT2D eigenvalue weighted by Gasteiger charge is 2.10. The molecule has 0 aliphatic rings. The maximum atomic E-state index is 5.52. The van der Waals surface area contributed by atoms with Gasteiger partial charge in [-0.25, -0.2) is 4.68 Å². The van der Waals surface area contributed by atoms with Crippen molar-refractivity contribution in [2.45, 2.75) is 27.3 Å². The summed E-state index contributed by atoms with van der Waals surface area (Å²) < 4.78 is 1.63. The predicted octanol–water partition coefficient (Wildman–Crippen LogP) is 0.547. The van der Waals surface area contributed by atoms with E-state index in [1.54, 1.807) is 4.68 Å². The average Bonchev–Trinajstić information content (AvgIpc) is 2.36. The molecule has 0 aliphatic carbocycles. The van der Waals surface area contributed by atoms with E-state index < -0.39 is 0 Å². The minimum atomic E-state index is 0.391. The standard InChI is InChI=1S/C7H15N5/c1-5(2)6(3)4-12-7(8)9-10-11-12/h5-6H,4H2,1-3H3,(H2,8,9,11). The van der Waals surface area contributed by atoms with Gasteiger partial charge in [0.25, 0.3) is 0 Å². The summed E-state index contributed by atoms with van der Waals surface area (Å²) in [4.78, 5) is 0. The maximum Gasteiger partial charge on any atom is 0.240 e. The highest BCUT2D eigenvalue weighted by Crippen LogP contribution is 2.12. The number of nitrogens with two attached hydrogens (primary N) is 1. The molecule has 0 saturated carbocycles. The van der Waals surface area contributed by atoms with Gasteiger partial charge in [-0.2, -0.15) is 0 Å². The van der Waals surface area contributed by atoms with Gasteiger partial charge >= 0.3 is 0 Å². The smallest absolute Gasteiger partial charge is 0.240 e. The van der Waals surface area contributed by atoms with Crippen LogP contribution in [0.15, 0.2) is 0 Å². The second kappa shape index (κ2) is 3.51. The van der Waals surface area contributed by atoms with Gasteiger partial charge in [-0.3, -0.25) is 0 Å². The monoisotopic (exact) mass is 169 g/mol. The third-order valence-corrected chi connectivity index (χ3v) is 2.16. The van der Waals surface area contributed by atoms with E-state index in [1.807, 2.05) is 0 Å². The quantitative estimate of drug-likeness (QED) is 0.717. The molecule has 12 heavy (non-hydrogen) atoms. The average molecular weight is 169 g/mol. The van der Waals surface area contributed by atoms with Crippen molar-refractivity contribution < 1.29 is 0 Å². The molecule has 1 aromatic heterocycles. The van der Waals surface area contributed by atoms with E-state index in [1.165, 1.54) is 0 Å². The fourth-order valence-electron chi connectivity index (χ4n) is 0.825. The molecule has 5 heteroatoms. The normalized spacial score (nSPS) is 13.7. The van der Waals surface area contributed by atoms with Gasteiger partial charge in [0.2, 0.25) is 5.95 Å². The molecule has 0 bridgehead atoms. The van der Waals surface area contributed by atoms with Crippen LogP contribution in [0.3, 0.4) is 0 Å². The molecular formula is C7H15N5. The largest absolute Gasteiger partial charge is 0.367 e. The van der Waals surface area contributed by atoms with Crippen LogP contribution in [0.2, 0.25) is 0 Å². The topological polar surface area (TPSA) is 69.6 Å². The Morgan fingerprint density at radius 3 is 2.50 bits per heavy atom. The van der Waals surface area contributed by atoms with Gasteiger partial charge in [0.15, 0.2) is 0 Å². The Bertz CT molecular complexity index is 242. The molecular weight excluding hydrogens is 154 g/mol. The molecule has 1 atom stereocenters. The van der Waals surface area contributed by atoms with E-state index in [9.17, 15) is 0 Å². The van der Waals surface area contributed by atoms with Crippen molar-refractivity contribution in [3.63, 3.8) is 0 Å². The number of tetrazole rings is 1. The Morgan fingerprint density at radius 2 is 2.08 bits per heavy atom. The molecule has 5 nitrogen and oxygen atoms in total. The van der Waals surface area contributed by atoms with E-state index in [0.717, 1.165) is 6.54 Å². The summed E-state index contributed by atoms with van der Waals surface area (Å²) in [6.45, 7) is 7.29. The first kappa shape index (κ1) is 8.96. The van der Waals surface area contributed by atoms with Crippen molar-refractivity contribution in [1.29, 1.82) is 0 Å². The first-order valence-corrected chi connectivity index (χ1v) is 4.13. The zero-order valence-corrected chi connectivity index (χ0v) is 7.73. The SMILES string of the molecule is CC(C)C(C)Cn1nnnc1N. The Hall–Kier alpha value is -1.13. The van der Waals surface area contributed by atoms with Crippen LogP contribution in [-0.2, 0) is 6.54 Å². The Labute approximate surface area is 71.9 Å². The second-order valence-corrected chi connectivity index (χ2v) is 3.44. The summed E-state index contributed by atoms with van der Waals surface area (Å²) in [6, 6.07) is 0. The van der Waals surface area contributed by atoms with Crippen molar-refractivity contribution in [1.82, 2.24) is 20.2 Å². The number of hydrogen-bond donors (Lipinski definition) is 1. The van der Waals surface area contributed by atoms with E-state index in [0.29, 0.717) is 17.8 Å². The zero-order chi connectivity index (χ0) is 9.14. The number of aromatic nitrogens is 4. The number of nitrogen functional groups attached to an aromatic ring is 1. The molecule has 1 rings (SSSR count). The van der Waals surface area contributed by atoms with Crippen molar-refractivity contribution in [3.05, 3.63) is 0 Å². The molecule has 0 amide bonds. The minimum absolute atomic E-state index is 0.391. The van der Waals surface area contributed by atoms with Gasteiger partial charge < -0.3 is 5.73 Å². The number of anilines is 1. The highest BCUT2D eigenvalue weighted by atomic mass is 15.6. The van der Waals surface area contributed by atoms with Crippen molar-refractivity contribution in [2.75, 3.05) is 5.73 Å². The second-order valence-electron chi connectivity index (χ2n) is 3.44. The summed E-state index contributed by atoms with van der Waals surface area (Å²) in [5.74, 6) is 1.55. The molecule has 0 radical (unpaired) electrons. The van der Waals surface area contributed by atoms with Crippen LogP contribution in [0, 0.1) is 11.8 Å². The summed E-state index contributed by atoms with van der Waals surface area (Å²) in [6.07, 6.45) is 0. The first-order valence-electron chi connectivity index (χ1n) is 4.13. The van der Waals surface area contributed by atoms with Crippen LogP contribution in [-0.4, -0.2) is 20.2 Å². The predicted molar refractivity (Wildman–Crippen MR) is 46.2 cm³/mol. The third kappa shape index (κ3) is 1.93. The lowest BCUT2D eigenvalue weighted by molar-refractivity contribution is 0.347. The van der Waals surface area contributed by atoms with Crippen LogP contribution < -0.4 is 5.73 Å². The molecule has 68 valence electrons. The molecule has 1 aromatic rings. The molecule has 2 N–H and O–H groups in total. The van der Waals surface area contributed by atoms with Crippen molar-refractivity contribution >= 4 is 5.95 Å². The Balaban J connectivity index is 2.58. The van der Waals surface area contributed by atoms with E-state index in [4.69, 9.17) is 5.73 Å². The molecule has 0 saturated heterocycles. The van der Waals surface area contributed by atoms with Crippen LogP contribution in [0.5, 0.6) is 0 Å². The zero-order valence-electron chi connectivity index (χ0n) is 7.73. The van der Waals surface area contributed by atoms with Gasteiger partial charge in [0.1, 0.15) is 0 Å². The number of nitrogens with zero attached hydrogens (tertiary/aromatic N) is 4. The lowest BCUT2D eigenvalue weighted by atomic mass is 9.98. The lowest BCUT2D eigenvalue weighted by Gasteiger charge is -2.14. The van der Waals surface area contributed by atoms with E-state index >= 15 is 0 Å². The molecule has 0 aliphatic heterocycles. The molecule has 1 heterocycles. The third-order valence-electron chi connectivity index (χ3n) is 2.16. The molecule has 1 unspecified atom stereocenters. The van der Waals surface area contributed by atoms with E-state index in [-0.39, 0.29) is 0 Å². The lowest BCUT2D eigenvalue weighted by Crippen LogP contribution is -2.15. The molecule has 0 fully saturated rings. The Kier molecular flexibility index (Phi) is 2.62.